The van der Waals surface area contributed by atoms with Gasteiger partial charge in [0.1, 0.15) is 5.03 Å². The van der Waals surface area contributed by atoms with Crippen LogP contribution in [0.15, 0.2) is 11.1 Å². The molecule has 0 amide bonds. The lowest BCUT2D eigenvalue weighted by Gasteiger charge is -2.05. The van der Waals surface area contributed by atoms with Crippen LogP contribution in [0.1, 0.15) is 20.3 Å². The van der Waals surface area contributed by atoms with E-state index < -0.39 is 11.6 Å². The number of hydrogen-bond acceptors (Lipinski definition) is 3. The lowest BCUT2D eigenvalue weighted by Crippen LogP contribution is -1.99. The van der Waals surface area contributed by atoms with Gasteiger partial charge in [-0.05, 0) is 18.1 Å². The van der Waals surface area contributed by atoms with Gasteiger partial charge in [0.15, 0.2) is 17.5 Å². The maximum atomic E-state index is 13.2. The second-order valence-corrected chi connectivity index (χ2v) is 4.76. The Labute approximate surface area is 92.3 Å². The minimum atomic E-state index is -0.805. The number of aromatic nitrogens is 1. The van der Waals surface area contributed by atoms with Crippen LogP contribution in [0.3, 0.4) is 0 Å². The first-order valence-corrected chi connectivity index (χ1v) is 5.73. The molecule has 0 aliphatic rings. The Bertz CT molecular complexity index is 342. The van der Waals surface area contributed by atoms with E-state index in [1.54, 1.807) is 0 Å². The topological polar surface area (TPSA) is 38.9 Å². The van der Waals surface area contributed by atoms with E-state index in [0.29, 0.717) is 5.92 Å². The Balaban J connectivity index is 2.65. The van der Waals surface area contributed by atoms with Crippen LogP contribution in [0, 0.1) is 17.6 Å². The predicted molar refractivity (Wildman–Crippen MR) is 58.7 cm³/mol. The van der Waals surface area contributed by atoms with Crippen molar-refractivity contribution in [2.24, 2.45) is 5.92 Å². The van der Waals surface area contributed by atoms with Crippen LogP contribution in [0.2, 0.25) is 0 Å². The number of nitrogen functional groups attached to an aromatic ring is 1. The summed E-state index contributed by atoms with van der Waals surface area (Å²) in [5, 5.41) is 0.176. The molecule has 1 heterocycles. The van der Waals surface area contributed by atoms with Crippen LogP contribution in [-0.4, -0.2) is 10.7 Å². The van der Waals surface area contributed by atoms with Crippen molar-refractivity contribution in [3.05, 3.63) is 17.7 Å². The molecule has 0 saturated heterocycles. The van der Waals surface area contributed by atoms with Crippen molar-refractivity contribution in [2.75, 3.05) is 11.5 Å². The second kappa shape index (κ2) is 5.30. The molecule has 0 aromatic carbocycles. The van der Waals surface area contributed by atoms with E-state index in [1.165, 1.54) is 11.8 Å². The molecule has 0 fully saturated rings. The van der Waals surface area contributed by atoms with Gasteiger partial charge in [0, 0.05) is 6.07 Å². The highest BCUT2D eigenvalue weighted by Crippen LogP contribution is 2.23. The van der Waals surface area contributed by atoms with Gasteiger partial charge >= 0.3 is 0 Å². The fraction of sp³-hybridized carbons (Fsp3) is 0.500. The Kier molecular flexibility index (Phi) is 4.32. The largest absolute Gasteiger partial charge is 0.381 e. The summed E-state index contributed by atoms with van der Waals surface area (Å²) in [5.41, 5.74) is 5.25. The molecular formula is C10H14F2N2S. The molecule has 0 aliphatic carbocycles. The van der Waals surface area contributed by atoms with Crippen LogP contribution in [-0.2, 0) is 0 Å². The second-order valence-electron chi connectivity index (χ2n) is 3.67. The van der Waals surface area contributed by atoms with Gasteiger partial charge in [-0.2, -0.15) is 0 Å². The van der Waals surface area contributed by atoms with Crippen molar-refractivity contribution in [3.8, 4) is 0 Å². The van der Waals surface area contributed by atoms with Gasteiger partial charge in [-0.1, -0.05) is 13.8 Å². The van der Waals surface area contributed by atoms with Gasteiger partial charge in [0.05, 0.1) is 0 Å². The normalized spacial score (nSPS) is 11.0. The average Bonchev–Trinajstić information content (AvgIpc) is 2.13. The van der Waals surface area contributed by atoms with Crippen molar-refractivity contribution in [3.63, 3.8) is 0 Å². The van der Waals surface area contributed by atoms with E-state index in [4.69, 9.17) is 5.73 Å². The smallest absolute Gasteiger partial charge is 0.168 e. The van der Waals surface area contributed by atoms with E-state index in [-0.39, 0.29) is 10.8 Å². The fourth-order valence-electron chi connectivity index (χ4n) is 0.956. The third-order valence-electron chi connectivity index (χ3n) is 1.86. The zero-order chi connectivity index (χ0) is 11.4. The lowest BCUT2D eigenvalue weighted by atomic mass is 10.2. The van der Waals surface area contributed by atoms with Gasteiger partial charge in [0.25, 0.3) is 0 Å². The van der Waals surface area contributed by atoms with Crippen LogP contribution in [0.25, 0.3) is 0 Å². The number of nitrogens with two attached hydrogens (primary N) is 1. The summed E-state index contributed by atoms with van der Waals surface area (Å²) in [6.45, 7) is 4.17. The summed E-state index contributed by atoms with van der Waals surface area (Å²) in [7, 11) is 0. The molecule has 2 nitrogen and oxygen atoms in total. The van der Waals surface area contributed by atoms with Crippen LogP contribution < -0.4 is 5.73 Å². The molecule has 0 bridgehead atoms. The predicted octanol–water partition coefficient (Wildman–Crippen LogP) is 3.08. The minimum Gasteiger partial charge on any atom is -0.381 e. The Morgan fingerprint density at radius 1 is 1.40 bits per heavy atom. The third kappa shape index (κ3) is 3.66. The third-order valence-corrected chi connectivity index (χ3v) is 2.86. The summed E-state index contributed by atoms with van der Waals surface area (Å²) >= 11 is 1.27. The molecule has 5 heteroatoms. The molecule has 1 rings (SSSR count). The Morgan fingerprint density at radius 2 is 2.07 bits per heavy atom. The van der Waals surface area contributed by atoms with Gasteiger partial charge in [0.2, 0.25) is 0 Å². The number of pyridine rings is 1. The molecule has 1 aromatic rings. The molecule has 0 radical (unpaired) electrons. The van der Waals surface area contributed by atoms with Crippen LogP contribution >= 0.6 is 11.8 Å². The Morgan fingerprint density at radius 3 is 2.67 bits per heavy atom. The Hall–Kier alpha value is -0.840. The first kappa shape index (κ1) is 12.2. The van der Waals surface area contributed by atoms with E-state index in [2.05, 4.69) is 18.8 Å². The van der Waals surface area contributed by atoms with E-state index >= 15 is 0 Å². The van der Waals surface area contributed by atoms with E-state index in [1.807, 2.05) is 0 Å². The summed E-state index contributed by atoms with van der Waals surface area (Å²) in [4.78, 5) is 3.66. The average molecular weight is 232 g/mol. The molecule has 0 aliphatic heterocycles. The maximum absolute atomic E-state index is 13.2. The maximum Gasteiger partial charge on any atom is 0.168 e. The van der Waals surface area contributed by atoms with Gasteiger partial charge in [-0.25, -0.2) is 13.8 Å². The summed E-state index contributed by atoms with van der Waals surface area (Å²) in [6, 6.07) is 0.778. The number of rotatable bonds is 4. The van der Waals surface area contributed by atoms with Gasteiger partial charge in [-0.15, -0.1) is 11.8 Å². The quantitative estimate of drug-likeness (QED) is 0.811. The fourth-order valence-corrected chi connectivity index (χ4v) is 2.10. The lowest BCUT2D eigenvalue weighted by molar-refractivity contribution is 0.552. The summed E-state index contributed by atoms with van der Waals surface area (Å²) in [5.74, 6) is -0.384. The monoisotopic (exact) mass is 232 g/mol. The van der Waals surface area contributed by atoms with Crippen molar-refractivity contribution in [2.45, 2.75) is 25.3 Å². The summed E-state index contributed by atoms with van der Waals surface area (Å²) < 4.78 is 25.9. The molecule has 15 heavy (non-hydrogen) atoms. The number of nitrogens with zero attached hydrogens (tertiary/aromatic N) is 1. The standard InChI is InChI=1S/C10H14F2N2S/c1-6(2)3-4-15-10-8(12)5-7(11)9(13)14-10/h5-6H,3-4H2,1-2H3,(H2,13,14). The zero-order valence-corrected chi connectivity index (χ0v) is 9.57. The highest BCUT2D eigenvalue weighted by atomic mass is 32.2. The van der Waals surface area contributed by atoms with Crippen molar-refractivity contribution in [1.82, 2.24) is 4.98 Å². The minimum absolute atomic E-state index is 0.176. The number of hydrogen-bond donors (Lipinski definition) is 1. The first-order chi connectivity index (χ1) is 7.00. The highest BCUT2D eigenvalue weighted by molar-refractivity contribution is 7.99. The molecule has 84 valence electrons. The first-order valence-electron chi connectivity index (χ1n) is 4.75. The van der Waals surface area contributed by atoms with Crippen LogP contribution in [0.5, 0.6) is 0 Å². The van der Waals surface area contributed by atoms with Gasteiger partial charge < -0.3 is 5.73 Å². The molecule has 0 unspecified atom stereocenters. The van der Waals surface area contributed by atoms with Crippen molar-refractivity contribution < 1.29 is 8.78 Å². The molecule has 1 aromatic heterocycles. The highest BCUT2D eigenvalue weighted by Gasteiger charge is 2.10. The van der Waals surface area contributed by atoms with E-state index in [0.717, 1.165) is 18.2 Å². The van der Waals surface area contributed by atoms with Crippen molar-refractivity contribution in [1.29, 1.82) is 0 Å². The zero-order valence-electron chi connectivity index (χ0n) is 8.76. The summed E-state index contributed by atoms with van der Waals surface area (Å²) in [6.07, 6.45) is 0.961. The van der Waals surface area contributed by atoms with Gasteiger partial charge in [-0.3, -0.25) is 0 Å². The molecule has 2 N–H and O–H groups in total. The molecule has 0 saturated carbocycles. The van der Waals surface area contributed by atoms with Crippen LogP contribution in [0.4, 0.5) is 14.6 Å². The number of anilines is 1. The van der Waals surface area contributed by atoms with Crippen molar-refractivity contribution >= 4 is 17.6 Å². The SMILES string of the molecule is CC(C)CCSc1nc(N)c(F)cc1F. The van der Waals surface area contributed by atoms with E-state index in [9.17, 15) is 8.78 Å². The molecular weight excluding hydrogens is 218 g/mol. The number of thioether (sulfide) groups is 1. The molecule has 0 atom stereocenters. The molecule has 0 spiro atoms. The number of halogens is 2.